The predicted octanol–water partition coefficient (Wildman–Crippen LogP) is 2.87. The molecular weight excluding hydrogens is 282 g/mol. The molecule has 5 nitrogen and oxygen atoms in total. The summed E-state index contributed by atoms with van der Waals surface area (Å²) < 4.78 is 5.64. The molecule has 122 valence electrons. The van der Waals surface area contributed by atoms with Crippen LogP contribution in [0, 0.1) is 6.92 Å². The third-order valence-electron chi connectivity index (χ3n) is 3.41. The van der Waals surface area contributed by atoms with Crippen LogP contribution >= 0.6 is 0 Å². The molecule has 5 heteroatoms. The maximum Gasteiger partial charge on any atom is 0.305 e. The molecule has 0 fully saturated rings. The van der Waals surface area contributed by atoms with Gasteiger partial charge in [-0.15, -0.1) is 0 Å². The normalized spacial score (nSPS) is 13.5. The van der Waals surface area contributed by atoms with Crippen molar-refractivity contribution in [2.24, 2.45) is 0 Å². The van der Waals surface area contributed by atoms with E-state index in [-0.39, 0.29) is 12.3 Å². The minimum atomic E-state index is -0.943. The Balaban J connectivity index is 2.64. The summed E-state index contributed by atoms with van der Waals surface area (Å²) in [6.07, 6.45) is -0.791. The first-order valence-electron chi connectivity index (χ1n) is 7.50. The smallest absolute Gasteiger partial charge is 0.305 e. The number of rotatable bonds is 7. The summed E-state index contributed by atoms with van der Waals surface area (Å²) in [6.45, 7) is 9.57. The maximum atomic E-state index is 12.0. The third-order valence-corrected chi connectivity index (χ3v) is 3.41. The quantitative estimate of drug-likeness (QED) is 0.812. The van der Waals surface area contributed by atoms with Crippen molar-refractivity contribution in [3.8, 4) is 5.75 Å². The molecule has 0 radical (unpaired) electrons. The van der Waals surface area contributed by atoms with Gasteiger partial charge in [-0.05, 0) is 49.9 Å². The topological polar surface area (TPSA) is 75.6 Å². The lowest BCUT2D eigenvalue weighted by molar-refractivity contribution is -0.137. The lowest BCUT2D eigenvalue weighted by Crippen LogP contribution is -2.42. The van der Waals surface area contributed by atoms with Crippen LogP contribution in [0.2, 0.25) is 0 Å². The molecule has 1 rings (SSSR count). The zero-order valence-corrected chi connectivity index (χ0v) is 13.8. The lowest BCUT2D eigenvalue weighted by Gasteiger charge is -2.19. The predicted molar refractivity (Wildman–Crippen MR) is 85.2 cm³/mol. The van der Waals surface area contributed by atoms with Crippen LogP contribution in [0.1, 0.15) is 51.2 Å². The van der Waals surface area contributed by atoms with Gasteiger partial charge in [-0.25, -0.2) is 0 Å². The van der Waals surface area contributed by atoms with Crippen LogP contribution in [0.5, 0.6) is 5.75 Å². The number of hydrogen-bond acceptors (Lipinski definition) is 3. The summed E-state index contributed by atoms with van der Waals surface area (Å²) in [5.41, 5.74) is 2.37. The fourth-order valence-electron chi connectivity index (χ4n) is 2.30. The molecule has 2 N–H and O–H groups in total. The molecule has 2 unspecified atom stereocenters. The number of carbonyl (C=O) groups is 2. The van der Waals surface area contributed by atoms with Crippen LogP contribution < -0.4 is 10.1 Å². The van der Waals surface area contributed by atoms with E-state index in [1.54, 1.807) is 13.8 Å². The van der Waals surface area contributed by atoms with Crippen LogP contribution in [-0.4, -0.2) is 29.1 Å². The molecule has 0 aliphatic heterocycles. The first-order chi connectivity index (χ1) is 10.2. The summed E-state index contributed by atoms with van der Waals surface area (Å²) in [6, 6.07) is 5.35. The SMILES string of the molecule is Cc1cc(OC(C)C(=O)NC(C)CC(=O)O)ccc1C(C)C. The molecule has 1 aromatic rings. The van der Waals surface area contributed by atoms with Crippen LogP contribution in [0.15, 0.2) is 18.2 Å². The van der Waals surface area contributed by atoms with E-state index in [0.29, 0.717) is 11.7 Å². The van der Waals surface area contributed by atoms with Gasteiger partial charge < -0.3 is 15.2 Å². The minimum absolute atomic E-state index is 0.110. The van der Waals surface area contributed by atoms with E-state index in [9.17, 15) is 9.59 Å². The molecule has 0 spiro atoms. The highest BCUT2D eigenvalue weighted by Crippen LogP contribution is 2.24. The Bertz CT molecular complexity index is 539. The lowest BCUT2D eigenvalue weighted by atomic mass is 9.98. The third kappa shape index (κ3) is 5.39. The molecule has 0 aromatic heterocycles. The van der Waals surface area contributed by atoms with Crippen molar-refractivity contribution < 1.29 is 19.4 Å². The molecule has 0 aliphatic rings. The molecule has 0 heterocycles. The van der Waals surface area contributed by atoms with E-state index in [1.165, 1.54) is 5.56 Å². The fourth-order valence-corrected chi connectivity index (χ4v) is 2.30. The first-order valence-corrected chi connectivity index (χ1v) is 7.50. The Morgan fingerprint density at radius 2 is 1.86 bits per heavy atom. The average Bonchev–Trinajstić information content (AvgIpc) is 2.36. The molecule has 0 bridgehead atoms. The van der Waals surface area contributed by atoms with Gasteiger partial charge in [0.15, 0.2) is 6.10 Å². The van der Waals surface area contributed by atoms with Gasteiger partial charge in [-0.2, -0.15) is 0 Å². The van der Waals surface area contributed by atoms with Crippen LogP contribution in [-0.2, 0) is 9.59 Å². The molecular formula is C17H25NO4. The van der Waals surface area contributed by atoms with Crippen LogP contribution in [0.25, 0.3) is 0 Å². The zero-order chi connectivity index (χ0) is 16.9. The molecule has 0 saturated heterocycles. The fraction of sp³-hybridized carbons (Fsp3) is 0.529. The number of aryl methyl sites for hydroxylation is 1. The molecule has 2 atom stereocenters. The zero-order valence-electron chi connectivity index (χ0n) is 13.8. The van der Waals surface area contributed by atoms with Crippen molar-refractivity contribution in [1.29, 1.82) is 0 Å². The molecule has 0 aliphatic carbocycles. The van der Waals surface area contributed by atoms with E-state index in [2.05, 4.69) is 19.2 Å². The average molecular weight is 307 g/mol. The Morgan fingerprint density at radius 3 is 2.36 bits per heavy atom. The molecule has 1 aromatic carbocycles. The number of carboxylic acid groups (broad SMARTS) is 1. The number of amides is 1. The maximum absolute atomic E-state index is 12.0. The largest absolute Gasteiger partial charge is 0.481 e. The van der Waals surface area contributed by atoms with Crippen molar-refractivity contribution in [3.63, 3.8) is 0 Å². The Hall–Kier alpha value is -2.04. The molecule has 22 heavy (non-hydrogen) atoms. The summed E-state index contributed by atoms with van der Waals surface area (Å²) in [5, 5.41) is 11.3. The number of hydrogen-bond donors (Lipinski definition) is 2. The van der Waals surface area contributed by atoms with E-state index in [1.807, 2.05) is 25.1 Å². The van der Waals surface area contributed by atoms with Crippen LogP contribution in [0.3, 0.4) is 0 Å². The second-order valence-corrected chi connectivity index (χ2v) is 5.94. The number of ether oxygens (including phenoxy) is 1. The summed E-state index contributed by atoms with van der Waals surface area (Å²) in [4.78, 5) is 22.6. The minimum Gasteiger partial charge on any atom is -0.481 e. The number of carbonyl (C=O) groups excluding carboxylic acids is 1. The van der Waals surface area contributed by atoms with Crippen molar-refractivity contribution in [2.75, 3.05) is 0 Å². The highest BCUT2D eigenvalue weighted by Gasteiger charge is 2.18. The van der Waals surface area contributed by atoms with Crippen molar-refractivity contribution >= 4 is 11.9 Å². The van der Waals surface area contributed by atoms with Crippen molar-refractivity contribution in [1.82, 2.24) is 5.32 Å². The Kier molecular flexibility index (Phi) is 6.40. The summed E-state index contributed by atoms with van der Waals surface area (Å²) in [5.74, 6) is -0.192. The summed E-state index contributed by atoms with van der Waals surface area (Å²) >= 11 is 0. The number of aliphatic carboxylic acids is 1. The van der Waals surface area contributed by atoms with E-state index in [4.69, 9.17) is 9.84 Å². The van der Waals surface area contributed by atoms with Gasteiger partial charge >= 0.3 is 5.97 Å². The van der Waals surface area contributed by atoms with Crippen LogP contribution in [0.4, 0.5) is 0 Å². The van der Waals surface area contributed by atoms with Gasteiger partial charge in [0, 0.05) is 6.04 Å². The number of benzene rings is 1. The van der Waals surface area contributed by atoms with E-state index >= 15 is 0 Å². The number of carboxylic acids is 1. The van der Waals surface area contributed by atoms with Gasteiger partial charge in [0.1, 0.15) is 5.75 Å². The second kappa shape index (κ2) is 7.82. The van der Waals surface area contributed by atoms with Gasteiger partial charge in [-0.3, -0.25) is 9.59 Å². The standard InChI is InChI=1S/C17H25NO4/c1-10(2)15-7-6-14(8-11(15)3)22-13(5)17(21)18-12(4)9-16(19)20/h6-8,10,12-13H,9H2,1-5H3,(H,18,21)(H,19,20). The molecule has 0 saturated carbocycles. The van der Waals surface area contributed by atoms with Gasteiger partial charge in [0.2, 0.25) is 0 Å². The monoisotopic (exact) mass is 307 g/mol. The number of nitrogens with one attached hydrogen (secondary N) is 1. The molecule has 1 amide bonds. The summed E-state index contributed by atoms with van der Waals surface area (Å²) in [7, 11) is 0. The highest BCUT2D eigenvalue weighted by molar-refractivity contribution is 5.81. The van der Waals surface area contributed by atoms with Gasteiger partial charge in [-0.1, -0.05) is 19.9 Å². The van der Waals surface area contributed by atoms with Gasteiger partial charge in [0.05, 0.1) is 6.42 Å². The van der Waals surface area contributed by atoms with E-state index < -0.39 is 18.1 Å². The van der Waals surface area contributed by atoms with Crippen molar-refractivity contribution in [3.05, 3.63) is 29.3 Å². The second-order valence-electron chi connectivity index (χ2n) is 5.94. The van der Waals surface area contributed by atoms with E-state index in [0.717, 1.165) is 5.56 Å². The van der Waals surface area contributed by atoms with Crippen molar-refractivity contribution in [2.45, 2.75) is 59.1 Å². The highest BCUT2D eigenvalue weighted by atomic mass is 16.5. The Labute approximate surface area is 131 Å². The first kappa shape index (κ1) is 18.0. The van der Waals surface area contributed by atoms with Gasteiger partial charge in [0.25, 0.3) is 5.91 Å². The Morgan fingerprint density at radius 1 is 1.23 bits per heavy atom.